The van der Waals surface area contributed by atoms with Crippen LogP contribution >= 0.6 is 0 Å². The number of cyclic esters (lactones) is 1. The average molecular weight is 490 g/mol. The zero-order valence-electron chi connectivity index (χ0n) is 19.5. The Morgan fingerprint density at radius 3 is 2.92 bits per heavy atom. The molecule has 0 atom stereocenters. The summed E-state index contributed by atoms with van der Waals surface area (Å²) in [4.78, 5) is 25.4. The number of pyridine rings is 2. The van der Waals surface area contributed by atoms with E-state index in [1.807, 2.05) is 12.1 Å². The molecule has 0 radical (unpaired) electrons. The lowest BCUT2D eigenvalue weighted by atomic mass is 10.1. The Balaban J connectivity index is 1.48. The number of ether oxygens (including phenoxy) is 4. The van der Waals surface area contributed by atoms with Gasteiger partial charge in [0.25, 0.3) is 0 Å². The molecule has 3 aromatic heterocycles. The Bertz CT molecular complexity index is 1470. The molecular weight excluding hydrogens is 467 g/mol. The van der Waals surface area contributed by atoms with Gasteiger partial charge in [0.2, 0.25) is 5.88 Å². The van der Waals surface area contributed by atoms with E-state index in [2.05, 4.69) is 15.3 Å². The summed E-state index contributed by atoms with van der Waals surface area (Å²) in [6.07, 6.45) is 2.20. The van der Waals surface area contributed by atoms with Crippen LogP contribution in [-0.4, -0.2) is 54.5 Å². The number of aromatic amines is 1. The van der Waals surface area contributed by atoms with E-state index in [1.54, 1.807) is 24.4 Å². The molecule has 0 saturated carbocycles. The molecule has 10 heteroatoms. The number of esters is 1. The first-order valence-corrected chi connectivity index (χ1v) is 11.6. The summed E-state index contributed by atoms with van der Waals surface area (Å²) in [5.41, 5.74) is 4.48. The third-order valence-corrected chi connectivity index (χ3v) is 6.30. The van der Waals surface area contributed by atoms with Crippen molar-refractivity contribution in [2.24, 2.45) is 5.92 Å². The lowest BCUT2D eigenvalue weighted by Crippen LogP contribution is -2.32. The van der Waals surface area contributed by atoms with Crippen LogP contribution in [0.25, 0.3) is 22.3 Å². The molecule has 1 fully saturated rings. The van der Waals surface area contributed by atoms with Crippen LogP contribution in [0.15, 0.2) is 42.6 Å². The minimum atomic E-state index is -0.522. The molecule has 6 rings (SSSR count). The number of carbonyl (C=O) groups is 1. The third kappa shape index (κ3) is 3.89. The van der Waals surface area contributed by atoms with Crippen molar-refractivity contribution < 1.29 is 28.1 Å². The maximum atomic E-state index is 14.4. The number of H-pyrrole nitrogens is 1. The summed E-state index contributed by atoms with van der Waals surface area (Å²) in [6, 6.07) is 10.00. The van der Waals surface area contributed by atoms with Gasteiger partial charge in [0.15, 0.2) is 11.6 Å². The lowest BCUT2D eigenvalue weighted by Gasteiger charge is -2.25. The minimum Gasteiger partial charge on any atom is -0.492 e. The van der Waals surface area contributed by atoms with Gasteiger partial charge in [-0.15, -0.1) is 0 Å². The maximum Gasteiger partial charge on any atom is 0.342 e. The molecule has 184 valence electrons. The number of nitrogens with zero attached hydrogens (tertiary/aromatic N) is 2. The molecule has 0 amide bonds. The number of methoxy groups -OCH3 is 1. The van der Waals surface area contributed by atoms with Crippen LogP contribution < -0.4 is 14.8 Å². The number of anilines is 2. The highest BCUT2D eigenvalue weighted by Gasteiger charge is 2.30. The number of fused-ring (bicyclic) bond motifs is 2. The SMILES string of the molecule is COc1c(F)cccc1Nc1c(-c2ccnc3ccc(OCC4COC4)nc23)[nH]c2c1C(=O)OCC2. The fourth-order valence-corrected chi connectivity index (χ4v) is 4.43. The van der Waals surface area contributed by atoms with E-state index in [4.69, 9.17) is 23.9 Å². The van der Waals surface area contributed by atoms with Crippen LogP contribution in [0.5, 0.6) is 11.6 Å². The average Bonchev–Trinajstić information content (AvgIpc) is 3.22. The second kappa shape index (κ2) is 9.12. The highest BCUT2D eigenvalue weighted by Crippen LogP contribution is 2.41. The van der Waals surface area contributed by atoms with E-state index in [-0.39, 0.29) is 12.4 Å². The largest absolute Gasteiger partial charge is 0.492 e. The fraction of sp³-hybridized carbons (Fsp3) is 0.269. The molecule has 0 aliphatic carbocycles. The standard InChI is InChI=1S/C26H23FN4O5/c1-33-25-16(27)3-2-4-19(25)30-24-21-17(8-10-35-26(21)32)29-23(24)15-7-9-28-18-5-6-20(31-22(15)18)36-13-14-11-34-12-14/h2-7,9,14,29-30H,8,10-13H2,1H3. The van der Waals surface area contributed by atoms with Gasteiger partial charge in [-0.05, 0) is 24.3 Å². The van der Waals surface area contributed by atoms with Crippen molar-refractivity contribution in [1.29, 1.82) is 0 Å². The predicted molar refractivity (Wildman–Crippen MR) is 129 cm³/mol. The Labute approximate surface area is 205 Å². The molecule has 2 N–H and O–H groups in total. The highest BCUT2D eigenvalue weighted by atomic mass is 19.1. The van der Waals surface area contributed by atoms with Crippen molar-refractivity contribution in [2.75, 3.05) is 38.9 Å². The molecule has 0 spiro atoms. The topological polar surface area (TPSA) is 108 Å². The molecule has 2 aliphatic rings. The van der Waals surface area contributed by atoms with Gasteiger partial charge in [-0.1, -0.05) is 6.07 Å². The van der Waals surface area contributed by atoms with Gasteiger partial charge in [0.1, 0.15) is 11.1 Å². The number of aromatic nitrogens is 3. The number of hydrogen-bond acceptors (Lipinski definition) is 8. The van der Waals surface area contributed by atoms with E-state index in [1.165, 1.54) is 13.2 Å². The number of hydrogen-bond donors (Lipinski definition) is 2. The van der Waals surface area contributed by atoms with Crippen LogP contribution in [0.2, 0.25) is 0 Å². The second-order valence-corrected chi connectivity index (χ2v) is 8.65. The summed E-state index contributed by atoms with van der Waals surface area (Å²) in [5, 5.41) is 3.21. The fourth-order valence-electron chi connectivity index (χ4n) is 4.43. The summed E-state index contributed by atoms with van der Waals surface area (Å²) < 4.78 is 36.1. The summed E-state index contributed by atoms with van der Waals surface area (Å²) >= 11 is 0. The highest BCUT2D eigenvalue weighted by molar-refractivity contribution is 6.06. The molecule has 0 bridgehead atoms. The lowest BCUT2D eigenvalue weighted by molar-refractivity contribution is -0.0513. The van der Waals surface area contributed by atoms with Gasteiger partial charge in [-0.3, -0.25) is 4.98 Å². The molecule has 9 nitrogen and oxygen atoms in total. The quantitative estimate of drug-likeness (QED) is 0.370. The number of carbonyl (C=O) groups excluding carboxylic acids is 1. The molecule has 2 aliphatic heterocycles. The van der Waals surface area contributed by atoms with Crippen molar-refractivity contribution in [3.8, 4) is 22.9 Å². The summed E-state index contributed by atoms with van der Waals surface area (Å²) in [7, 11) is 1.39. The van der Waals surface area contributed by atoms with Crippen molar-refractivity contribution in [2.45, 2.75) is 6.42 Å². The predicted octanol–water partition coefficient (Wildman–Crippen LogP) is 4.25. The van der Waals surface area contributed by atoms with Crippen molar-refractivity contribution in [3.05, 3.63) is 59.7 Å². The Kier molecular flexibility index (Phi) is 5.65. The summed E-state index contributed by atoms with van der Waals surface area (Å²) in [6.45, 7) is 2.15. The van der Waals surface area contributed by atoms with Crippen LogP contribution in [0.3, 0.4) is 0 Å². The normalized spacial score (nSPS) is 15.2. The molecule has 0 unspecified atom stereocenters. The van der Waals surface area contributed by atoms with E-state index in [0.717, 1.165) is 5.69 Å². The van der Waals surface area contributed by atoms with Crippen molar-refractivity contribution in [1.82, 2.24) is 15.0 Å². The smallest absolute Gasteiger partial charge is 0.342 e. The zero-order chi connectivity index (χ0) is 24.6. The Morgan fingerprint density at radius 2 is 2.11 bits per heavy atom. The Hall–Kier alpha value is -4.18. The minimum absolute atomic E-state index is 0.0379. The van der Waals surface area contributed by atoms with Crippen LogP contribution in [0.1, 0.15) is 16.1 Å². The van der Waals surface area contributed by atoms with E-state index < -0.39 is 11.8 Å². The first-order chi connectivity index (χ1) is 17.6. The van der Waals surface area contributed by atoms with Crippen LogP contribution in [0, 0.1) is 11.7 Å². The molecular formula is C26H23FN4O5. The number of halogens is 1. The van der Waals surface area contributed by atoms with Crippen molar-refractivity contribution >= 4 is 28.4 Å². The van der Waals surface area contributed by atoms with E-state index in [9.17, 15) is 9.18 Å². The van der Waals surface area contributed by atoms with Gasteiger partial charge in [0, 0.05) is 35.9 Å². The maximum absolute atomic E-state index is 14.4. The first kappa shape index (κ1) is 22.3. The number of para-hydroxylation sites is 1. The van der Waals surface area contributed by atoms with E-state index in [0.29, 0.717) is 77.3 Å². The molecule has 4 aromatic rings. The zero-order valence-corrected chi connectivity index (χ0v) is 19.5. The third-order valence-electron chi connectivity index (χ3n) is 6.30. The Morgan fingerprint density at radius 1 is 1.22 bits per heavy atom. The van der Waals surface area contributed by atoms with Crippen molar-refractivity contribution in [3.63, 3.8) is 0 Å². The number of benzene rings is 1. The molecule has 5 heterocycles. The van der Waals surface area contributed by atoms with Crippen LogP contribution in [-0.2, 0) is 15.9 Å². The number of nitrogens with one attached hydrogen (secondary N) is 2. The van der Waals surface area contributed by atoms with E-state index >= 15 is 0 Å². The first-order valence-electron chi connectivity index (χ1n) is 11.6. The van der Waals surface area contributed by atoms with Gasteiger partial charge in [0.05, 0.1) is 56.1 Å². The molecule has 1 saturated heterocycles. The summed E-state index contributed by atoms with van der Waals surface area (Å²) in [5.74, 6) is -0.119. The van der Waals surface area contributed by atoms with Gasteiger partial charge in [-0.25, -0.2) is 14.2 Å². The number of rotatable bonds is 7. The molecule has 1 aromatic carbocycles. The monoisotopic (exact) mass is 490 g/mol. The van der Waals surface area contributed by atoms with Gasteiger partial charge >= 0.3 is 5.97 Å². The van der Waals surface area contributed by atoms with Crippen LogP contribution in [0.4, 0.5) is 15.8 Å². The second-order valence-electron chi connectivity index (χ2n) is 8.65. The van der Waals surface area contributed by atoms with Gasteiger partial charge < -0.3 is 29.2 Å². The molecule has 36 heavy (non-hydrogen) atoms. The van der Waals surface area contributed by atoms with Gasteiger partial charge in [-0.2, -0.15) is 0 Å².